The van der Waals surface area contributed by atoms with Crippen molar-refractivity contribution in [2.75, 3.05) is 24.6 Å². The van der Waals surface area contributed by atoms with Crippen molar-refractivity contribution in [1.29, 1.82) is 0 Å². The smallest absolute Gasteiger partial charge is 0.273 e. The average molecular weight is 424 g/mol. The third-order valence-electron chi connectivity index (χ3n) is 5.92. The normalized spacial score (nSPS) is 20.3. The molecule has 1 amide bonds. The minimum Gasteiger partial charge on any atom is -0.494 e. The van der Waals surface area contributed by atoms with Crippen molar-refractivity contribution in [2.45, 2.75) is 13.0 Å². The lowest BCUT2D eigenvalue weighted by atomic mass is 9.85. The first kappa shape index (κ1) is 20.2. The second kappa shape index (κ2) is 8.79. The molecule has 5 rings (SSSR count). The quantitative estimate of drug-likeness (QED) is 0.596. The van der Waals surface area contributed by atoms with Gasteiger partial charge in [0.15, 0.2) is 0 Å². The minimum absolute atomic E-state index is 0.0458. The predicted molar refractivity (Wildman–Crippen MR) is 128 cm³/mol. The number of para-hydroxylation sites is 1. The predicted octanol–water partition coefficient (Wildman–Crippen LogP) is 4.73. The van der Waals surface area contributed by atoms with Crippen LogP contribution in [0, 0.1) is 5.92 Å². The molecule has 2 heterocycles. The van der Waals surface area contributed by atoms with Gasteiger partial charge in [0.2, 0.25) is 0 Å². The van der Waals surface area contributed by atoms with Crippen LogP contribution in [0.25, 0.3) is 0 Å². The Morgan fingerprint density at radius 3 is 2.12 bits per heavy atom. The summed E-state index contributed by atoms with van der Waals surface area (Å²) in [7, 11) is 0. The molecule has 2 aliphatic rings. The lowest BCUT2D eigenvalue weighted by Crippen LogP contribution is -2.31. The summed E-state index contributed by atoms with van der Waals surface area (Å²) in [6.07, 6.45) is 0. The molecule has 0 saturated carbocycles. The second-order valence-electron chi connectivity index (χ2n) is 7.84. The number of fused-ring (bicyclic) bond motifs is 1. The minimum atomic E-state index is -0.245. The highest BCUT2D eigenvalue weighted by Crippen LogP contribution is 2.42. The number of rotatable bonds is 5. The Morgan fingerprint density at radius 2 is 1.47 bits per heavy atom. The molecule has 2 aliphatic heterocycles. The summed E-state index contributed by atoms with van der Waals surface area (Å²) in [4.78, 5) is 25.3. The van der Waals surface area contributed by atoms with Crippen molar-refractivity contribution in [3.8, 4) is 5.75 Å². The van der Waals surface area contributed by atoms with Gasteiger partial charge in [-0.15, -0.1) is 0 Å². The van der Waals surface area contributed by atoms with Gasteiger partial charge in [-0.2, -0.15) is 0 Å². The maximum absolute atomic E-state index is 13.7. The van der Waals surface area contributed by atoms with Crippen LogP contribution in [0.2, 0.25) is 0 Å². The van der Waals surface area contributed by atoms with Crippen molar-refractivity contribution in [3.05, 3.63) is 96.1 Å². The Balaban J connectivity index is 1.65. The average Bonchev–Trinajstić information content (AvgIpc) is 2.98. The highest BCUT2D eigenvalue weighted by atomic mass is 16.5. The van der Waals surface area contributed by atoms with Gasteiger partial charge in [-0.05, 0) is 54.4 Å². The van der Waals surface area contributed by atoms with Crippen LogP contribution in [-0.4, -0.2) is 37.0 Å². The SMILES string of the molecule is CCOc1ccc(C2=NCCN=C3C(=O)N(c4ccccc4)[C@@H](c4ccccc4)C32)cc1. The van der Waals surface area contributed by atoms with E-state index in [-0.39, 0.29) is 17.9 Å². The Labute approximate surface area is 188 Å². The van der Waals surface area contributed by atoms with Crippen LogP contribution < -0.4 is 9.64 Å². The summed E-state index contributed by atoms with van der Waals surface area (Å²) in [5.41, 5.74) is 4.43. The third kappa shape index (κ3) is 3.60. The van der Waals surface area contributed by atoms with E-state index in [4.69, 9.17) is 14.7 Å². The number of nitrogens with zero attached hydrogens (tertiary/aromatic N) is 3. The summed E-state index contributed by atoms with van der Waals surface area (Å²) in [5, 5.41) is 0. The van der Waals surface area contributed by atoms with Gasteiger partial charge in [-0.3, -0.25) is 19.7 Å². The lowest BCUT2D eigenvalue weighted by Gasteiger charge is -2.29. The number of carbonyl (C=O) groups excluding carboxylic acids is 1. The Hall–Kier alpha value is -3.73. The fourth-order valence-corrected chi connectivity index (χ4v) is 4.58. The number of ether oxygens (including phenoxy) is 1. The van der Waals surface area contributed by atoms with Crippen LogP contribution in [0.15, 0.2) is 94.9 Å². The lowest BCUT2D eigenvalue weighted by molar-refractivity contribution is -0.112. The van der Waals surface area contributed by atoms with E-state index in [2.05, 4.69) is 12.1 Å². The van der Waals surface area contributed by atoms with Crippen LogP contribution in [0.4, 0.5) is 5.69 Å². The van der Waals surface area contributed by atoms with Gasteiger partial charge in [0.1, 0.15) is 11.5 Å². The van der Waals surface area contributed by atoms with Gasteiger partial charge in [0, 0.05) is 5.69 Å². The Morgan fingerprint density at radius 1 is 0.844 bits per heavy atom. The number of anilines is 1. The molecule has 160 valence electrons. The number of benzene rings is 3. The van der Waals surface area contributed by atoms with Crippen LogP contribution in [0.3, 0.4) is 0 Å². The van der Waals surface area contributed by atoms with E-state index in [9.17, 15) is 4.79 Å². The van der Waals surface area contributed by atoms with E-state index in [1.54, 1.807) is 0 Å². The molecule has 32 heavy (non-hydrogen) atoms. The van der Waals surface area contributed by atoms with E-state index < -0.39 is 0 Å². The molecule has 0 N–H and O–H groups in total. The molecule has 1 unspecified atom stereocenters. The van der Waals surface area contributed by atoms with Gasteiger partial charge < -0.3 is 4.74 Å². The molecule has 3 aromatic carbocycles. The zero-order valence-corrected chi connectivity index (χ0v) is 18.0. The van der Waals surface area contributed by atoms with Gasteiger partial charge >= 0.3 is 0 Å². The zero-order chi connectivity index (χ0) is 21.9. The van der Waals surface area contributed by atoms with Crippen LogP contribution in [0.1, 0.15) is 24.1 Å². The number of hydrogen-bond acceptors (Lipinski definition) is 4. The molecule has 2 atom stereocenters. The highest BCUT2D eigenvalue weighted by Gasteiger charge is 2.49. The first-order valence-electron chi connectivity index (χ1n) is 11.0. The first-order valence-corrected chi connectivity index (χ1v) is 11.0. The molecule has 1 fully saturated rings. The maximum atomic E-state index is 13.7. The molecule has 1 saturated heterocycles. The summed E-state index contributed by atoms with van der Waals surface area (Å²) in [6, 6.07) is 27.8. The highest BCUT2D eigenvalue weighted by molar-refractivity contribution is 6.51. The molecule has 5 nitrogen and oxygen atoms in total. The second-order valence-corrected chi connectivity index (χ2v) is 7.84. The van der Waals surface area contributed by atoms with Crippen LogP contribution >= 0.6 is 0 Å². The largest absolute Gasteiger partial charge is 0.494 e. The van der Waals surface area contributed by atoms with Crippen molar-refractivity contribution in [2.24, 2.45) is 15.9 Å². The maximum Gasteiger partial charge on any atom is 0.273 e. The summed E-state index contributed by atoms with van der Waals surface area (Å²) >= 11 is 0. The first-order chi connectivity index (χ1) is 15.8. The number of aliphatic imine (C=N–C) groups is 2. The molecule has 0 aromatic heterocycles. The van der Waals surface area contributed by atoms with Gasteiger partial charge in [0.25, 0.3) is 5.91 Å². The summed E-state index contributed by atoms with van der Waals surface area (Å²) in [5.74, 6) is 0.536. The number of carbonyl (C=O) groups is 1. The zero-order valence-electron chi connectivity index (χ0n) is 18.0. The molecule has 5 heteroatoms. The van der Waals surface area contributed by atoms with Crippen LogP contribution in [-0.2, 0) is 4.79 Å². The summed E-state index contributed by atoms with van der Waals surface area (Å²) < 4.78 is 5.62. The molecule has 0 bridgehead atoms. The van der Waals surface area contributed by atoms with E-state index in [1.807, 2.05) is 84.6 Å². The van der Waals surface area contributed by atoms with Gasteiger partial charge in [-0.1, -0.05) is 48.5 Å². The van der Waals surface area contributed by atoms with Crippen LogP contribution in [0.5, 0.6) is 5.75 Å². The third-order valence-corrected chi connectivity index (χ3v) is 5.92. The van der Waals surface area contributed by atoms with E-state index in [0.29, 0.717) is 25.4 Å². The van der Waals surface area contributed by atoms with Crippen molar-refractivity contribution < 1.29 is 9.53 Å². The topological polar surface area (TPSA) is 54.3 Å². The van der Waals surface area contributed by atoms with E-state index in [0.717, 1.165) is 28.3 Å². The molecule has 0 radical (unpaired) electrons. The van der Waals surface area contributed by atoms with E-state index in [1.165, 1.54) is 0 Å². The molecule has 0 aliphatic carbocycles. The number of amides is 1. The fourth-order valence-electron chi connectivity index (χ4n) is 4.58. The fraction of sp³-hybridized carbons (Fsp3) is 0.222. The monoisotopic (exact) mass is 423 g/mol. The Bertz CT molecular complexity index is 1150. The van der Waals surface area contributed by atoms with Crippen molar-refractivity contribution in [3.63, 3.8) is 0 Å². The standard InChI is InChI=1S/C27H25N3O2/c1-2-32-22-15-13-19(14-16-22)24-23-25(29-18-17-28-24)27(31)30(21-11-7-4-8-12-21)26(23)20-9-5-3-6-10-20/h3-16,23,26H,2,17-18H2,1H3/t23?,26-/m0/s1. The molecular weight excluding hydrogens is 398 g/mol. The molecule has 3 aromatic rings. The van der Waals surface area contributed by atoms with Gasteiger partial charge in [-0.25, -0.2) is 0 Å². The number of hydrogen-bond donors (Lipinski definition) is 0. The van der Waals surface area contributed by atoms with Crippen molar-refractivity contribution >= 4 is 23.0 Å². The Kier molecular flexibility index (Phi) is 5.55. The summed E-state index contributed by atoms with van der Waals surface area (Å²) in [6.45, 7) is 3.68. The molecular formula is C27H25N3O2. The molecule has 0 spiro atoms. The van der Waals surface area contributed by atoms with E-state index >= 15 is 0 Å². The van der Waals surface area contributed by atoms with Crippen molar-refractivity contribution in [1.82, 2.24) is 0 Å². The van der Waals surface area contributed by atoms with Gasteiger partial charge in [0.05, 0.1) is 37.4 Å².